The largest absolute Gasteiger partial charge is 0.444 e. The third-order valence-electron chi connectivity index (χ3n) is 5.86. The second-order valence-electron chi connectivity index (χ2n) is 9.57. The van der Waals surface area contributed by atoms with E-state index in [1.54, 1.807) is 11.0 Å². The van der Waals surface area contributed by atoms with Gasteiger partial charge in [0.2, 0.25) is 0 Å². The molecule has 1 aliphatic carbocycles. The average molecular weight is 445 g/mol. The number of aryl methyl sites for hydroxylation is 2. The lowest BCUT2D eigenvalue weighted by atomic mass is 9.86. The number of rotatable bonds is 3. The minimum Gasteiger partial charge on any atom is -0.444 e. The van der Waals surface area contributed by atoms with E-state index in [4.69, 9.17) is 4.74 Å². The van der Waals surface area contributed by atoms with Crippen molar-refractivity contribution in [3.05, 3.63) is 54.1 Å². The van der Waals surface area contributed by atoms with Crippen molar-refractivity contribution in [2.75, 3.05) is 0 Å². The fraction of sp³-hybridized carbons (Fsp3) is 0.360. The number of alkyl carbamates (subject to hydrolysis) is 1. The summed E-state index contributed by atoms with van der Waals surface area (Å²) in [5, 5.41) is 8.27. The third-order valence-corrected chi connectivity index (χ3v) is 5.86. The molecule has 33 heavy (non-hydrogen) atoms. The van der Waals surface area contributed by atoms with Crippen molar-refractivity contribution in [2.45, 2.75) is 51.7 Å². The van der Waals surface area contributed by atoms with E-state index < -0.39 is 5.60 Å². The Hall–Kier alpha value is -3.68. The molecular formula is C25H28N6O2. The number of nitrogens with one attached hydrogen (secondary N) is 2. The normalized spacial score (nSPS) is 15.9. The molecule has 8 nitrogen and oxygen atoms in total. The van der Waals surface area contributed by atoms with Gasteiger partial charge in [0.05, 0.1) is 23.6 Å². The van der Waals surface area contributed by atoms with Gasteiger partial charge in [-0.1, -0.05) is 12.1 Å². The van der Waals surface area contributed by atoms with Crippen molar-refractivity contribution < 1.29 is 9.53 Å². The number of aromatic amines is 1. The van der Waals surface area contributed by atoms with Crippen LogP contribution in [0.25, 0.3) is 33.5 Å². The number of hydrogen-bond acceptors (Lipinski definition) is 5. The molecule has 0 saturated heterocycles. The zero-order chi connectivity index (χ0) is 23.2. The molecule has 1 unspecified atom stereocenters. The molecule has 1 aliphatic rings. The number of ether oxygens (including phenoxy) is 1. The van der Waals surface area contributed by atoms with Crippen LogP contribution in [0.5, 0.6) is 0 Å². The second kappa shape index (κ2) is 8.03. The summed E-state index contributed by atoms with van der Waals surface area (Å²) in [4.78, 5) is 24.7. The molecular weight excluding hydrogens is 416 g/mol. The van der Waals surface area contributed by atoms with Crippen LogP contribution < -0.4 is 5.32 Å². The third kappa shape index (κ3) is 4.33. The first-order valence-corrected chi connectivity index (χ1v) is 11.2. The van der Waals surface area contributed by atoms with Crippen LogP contribution in [-0.4, -0.2) is 36.4 Å². The van der Waals surface area contributed by atoms with E-state index in [-0.39, 0.29) is 12.1 Å². The summed E-state index contributed by atoms with van der Waals surface area (Å²) in [5.41, 5.74) is 6.53. The monoisotopic (exact) mass is 444 g/mol. The van der Waals surface area contributed by atoms with E-state index in [1.165, 1.54) is 5.56 Å². The number of carbonyl (C=O) groups excluding carboxylic acids is 1. The SMILES string of the molecule is Cn1cc(-c2cc3c(-c4ccc5c(c4)CCCC5NC(=O)OC(C)(C)C)ncnc3[nH]2)cn1. The Labute approximate surface area is 192 Å². The van der Waals surface area contributed by atoms with E-state index in [1.807, 2.05) is 40.2 Å². The van der Waals surface area contributed by atoms with E-state index in [0.29, 0.717) is 0 Å². The van der Waals surface area contributed by atoms with Gasteiger partial charge >= 0.3 is 6.09 Å². The lowest BCUT2D eigenvalue weighted by Crippen LogP contribution is -2.36. The van der Waals surface area contributed by atoms with Gasteiger partial charge in [0.15, 0.2) is 0 Å². The quantitative estimate of drug-likeness (QED) is 0.467. The molecule has 3 aromatic heterocycles. The summed E-state index contributed by atoms with van der Waals surface area (Å²) in [5.74, 6) is 0. The van der Waals surface area contributed by atoms with Crippen LogP contribution in [0.1, 0.15) is 50.8 Å². The van der Waals surface area contributed by atoms with E-state index >= 15 is 0 Å². The number of carbonyl (C=O) groups is 1. The van der Waals surface area contributed by atoms with Crippen LogP contribution in [-0.2, 0) is 18.2 Å². The average Bonchev–Trinajstić information content (AvgIpc) is 3.38. The highest BCUT2D eigenvalue weighted by atomic mass is 16.6. The van der Waals surface area contributed by atoms with Crippen LogP contribution in [0.4, 0.5) is 4.79 Å². The van der Waals surface area contributed by atoms with E-state index in [0.717, 1.165) is 58.4 Å². The lowest BCUT2D eigenvalue weighted by molar-refractivity contribution is 0.0498. The van der Waals surface area contributed by atoms with Crippen LogP contribution in [0.2, 0.25) is 0 Å². The second-order valence-corrected chi connectivity index (χ2v) is 9.57. The molecule has 1 atom stereocenters. The number of hydrogen-bond donors (Lipinski definition) is 2. The van der Waals surface area contributed by atoms with Gasteiger partial charge in [0.1, 0.15) is 17.6 Å². The Kier molecular flexibility index (Phi) is 5.15. The van der Waals surface area contributed by atoms with Crippen molar-refractivity contribution in [1.82, 2.24) is 30.0 Å². The first-order valence-electron chi connectivity index (χ1n) is 11.2. The first-order chi connectivity index (χ1) is 15.8. The minimum absolute atomic E-state index is 0.0486. The Balaban J connectivity index is 1.46. The molecule has 0 bridgehead atoms. The molecule has 0 radical (unpaired) electrons. The van der Waals surface area contributed by atoms with Gasteiger partial charge in [0, 0.05) is 29.8 Å². The maximum atomic E-state index is 12.3. The molecule has 0 aliphatic heterocycles. The lowest BCUT2D eigenvalue weighted by Gasteiger charge is -2.28. The number of amides is 1. The van der Waals surface area contributed by atoms with Gasteiger partial charge < -0.3 is 15.0 Å². The van der Waals surface area contributed by atoms with Gasteiger partial charge in [-0.2, -0.15) is 5.10 Å². The predicted octanol–water partition coefficient (Wildman–Crippen LogP) is 4.93. The molecule has 4 aromatic rings. The fourth-order valence-electron chi connectivity index (χ4n) is 4.45. The van der Waals surface area contributed by atoms with Crippen LogP contribution in [0.15, 0.2) is 43.0 Å². The van der Waals surface area contributed by atoms with Crippen molar-refractivity contribution in [2.24, 2.45) is 7.05 Å². The Bertz CT molecular complexity index is 1330. The Morgan fingerprint density at radius 1 is 1.21 bits per heavy atom. The van der Waals surface area contributed by atoms with Crippen LogP contribution >= 0.6 is 0 Å². The topological polar surface area (TPSA) is 97.7 Å². The smallest absolute Gasteiger partial charge is 0.408 e. The van der Waals surface area contributed by atoms with Gasteiger partial charge in [0.25, 0.3) is 0 Å². The highest BCUT2D eigenvalue weighted by Crippen LogP contribution is 2.35. The molecule has 0 fully saturated rings. The molecule has 1 amide bonds. The molecule has 3 heterocycles. The summed E-state index contributed by atoms with van der Waals surface area (Å²) < 4.78 is 7.24. The number of nitrogens with zero attached hydrogens (tertiary/aromatic N) is 4. The van der Waals surface area contributed by atoms with Gasteiger partial charge in [-0.05, 0) is 63.3 Å². The number of H-pyrrole nitrogens is 1. The number of fused-ring (bicyclic) bond motifs is 2. The van der Waals surface area contributed by atoms with Crippen molar-refractivity contribution >= 4 is 17.1 Å². The van der Waals surface area contributed by atoms with E-state index in [9.17, 15) is 4.79 Å². The van der Waals surface area contributed by atoms with Crippen molar-refractivity contribution in [3.63, 3.8) is 0 Å². The van der Waals surface area contributed by atoms with E-state index in [2.05, 4.69) is 49.6 Å². The molecule has 170 valence electrons. The van der Waals surface area contributed by atoms with Crippen molar-refractivity contribution in [3.8, 4) is 22.5 Å². The van der Waals surface area contributed by atoms with Crippen molar-refractivity contribution in [1.29, 1.82) is 0 Å². The summed E-state index contributed by atoms with van der Waals surface area (Å²) in [7, 11) is 1.90. The Morgan fingerprint density at radius 2 is 2.06 bits per heavy atom. The fourth-order valence-corrected chi connectivity index (χ4v) is 4.45. The predicted molar refractivity (Wildman–Crippen MR) is 127 cm³/mol. The van der Waals surface area contributed by atoms with Crippen LogP contribution in [0, 0.1) is 0 Å². The molecule has 0 saturated carbocycles. The zero-order valence-electron chi connectivity index (χ0n) is 19.3. The van der Waals surface area contributed by atoms with Crippen LogP contribution in [0.3, 0.4) is 0 Å². The molecule has 1 aromatic carbocycles. The Morgan fingerprint density at radius 3 is 2.82 bits per heavy atom. The zero-order valence-corrected chi connectivity index (χ0v) is 19.3. The van der Waals surface area contributed by atoms with Gasteiger partial charge in [-0.3, -0.25) is 4.68 Å². The minimum atomic E-state index is -0.519. The molecule has 2 N–H and O–H groups in total. The number of benzene rings is 1. The maximum absolute atomic E-state index is 12.3. The summed E-state index contributed by atoms with van der Waals surface area (Å²) in [6, 6.07) is 8.40. The maximum Gasteiger partial charge on any atom is 0.408 e. The van der Waals surface area contributed by atoms with Gasteiger partial charge in [-0.25, -0.2) is 14.8 Å². The van der Waals surface area contributed by atoms with Gasteiger partial charge in [-0.15, -0.1) is 0 Å². The summed E-state index contributed by atoms with van der Waals surface area (Å²) in [6.07, 6.45) is 7.88. The molecule has 8 heteroatoms. The summed E-state index contributed by atoms with van der Waals surface area (Å²) in [6.45, 7) is 5.62. The highest BCUT2D eigenvalue weighted by Gasteiger charge is 2.25. The number of aromatic nitrogens is 5. The molecule has 0 spiro atoms. The highest BCUT2D eigenvalue weighted by molar-refractivity contribution is 5.94. The first kappa shape index (κ1) is 21.2. The molecule has 5 rings (SSSR count). The standard InChI is InChI=1S/C25H28N6O2/c1-25(2,3)33-24(32)30-20-7-5-6-15-10-16(8-9-18(15)20)22-19-11-21(17-12-28-31(4)13-17)29-23(19)27-14-26-22/h8-14,20H,5-7H2,1-4H3,(H,30,32)(H,26,27,29). The summed E-state index contributed by atoms with van der Waals surface area (Å²) >= 11 is 0.